The highest BCUT2D eigenvalue weighted by Gasteiger charge is 2.22. The molecule has 0 spiro atoms. The number of likely N-dealkylation sites (tertiary alicyclic amines) is 1. The molecule has 1 aliphatic carbocycles. The van der Waals surface area contributed by atoms with E-state index >= 15 is 0 Å². The Balaban J connectivity index is 1.49. The molecule has 1 heterocycles. The van der Waals surface area contributed by atoms with E-state index in [9.17, 15) is 0 Å². The van der Waals surface area contributed by atoms with Crippen molar-refractivity contribution in [2.75, 3.05) is 39.3 Å². The molecule has 2 fully saturated rings. The molecule has 3 heteroatoms. The first-order chi connectivity index (χ1) is 8.88. The third kappa shape index (κ3) is 4.87. The van der Waals surface area contributed by atoms with Crippen LogP contribution in [-0.4, -0.2) is 50.3 Å². The number of rotatable bonds is 8. The summed E-state index contributed by atoms with van der Waals surface area (Å²) in [5, 5.41) is 3.54. The summed E-state index contributed by atoms with van der Waals surface area (Å²) in [6, 6.07) is 0. The molecule has 1 atom stereocenters. The highest BCUT2D eigenvalue weighted by Crippen LogP contribution is 2.21. The third-order valence-electron chi connectivity index (χ3n) is 4.29. The second kappa shape index (κ2) is 8.13. The van der Waals surface area contributed by atoms with Crippen LogP contribution >= 0.6 is 0 Å². The van der Waals surface area contributed by atoms with Crippen LogP contribution in [0.4, 0.5) is 0 Å². The van der Waals surface area contributed by atoms with Crippen LogP contribution in [-0.2, 0) is 4.74 Å². The average Bonchev–Trinajstić information content (AvgIpc) is 3.01. The zero-order valence-corrected chi connectivity index (χ0v) is 12.0. The van der Waals surface area contributed by atoms with Crippen molar-refractivity contribution in [3.8, 4) is 0 Å². The molecule has 0 aromatic carbocycles. The van der Waals surface area contributed by atoms with Crippen molar-refractivity contribution in [1.29, 1.82) is 0 Å². The average molecular weight is 254 g/mol. The molecule has 2 aliphatic rings. The van der Waals surface area contributed by atoms with Gasteiger partial charge in [0.05, 0.1) is 12.7 Å². The second-order valence-electron chi connectivity index (χ2n) is 5.94. The Morgan fingerprint density at radius 1 is 1.22 bits per heavy atom. The van der Waals surface area contributed by atoms with E-state index in [1.54, 1.807) is 0 Å². The lowest BCUT2D eigenvalue weighted by Gasteiger charge is -2.18. The van der Waals surface area contributed by atoms with Gasteiger partial charge >= 0.3 is 0 Å². The Morgan fingerprint density at radius 2 is 2.06 bits per heavy atom. The van der Waals surface area contributed by atoms with Crippen molar-refractivity contribution < 1.29 is 4.74 Å². The topological polar surface area (TPSA) is 24.5 Å². The van der Waals surface area contributed by atoms with Crippen molar-refractivity contribution in [2.24, 2.45) is 5.92 Å². The van der Waals surface area contributed by atoms with Gasteiger partial charge in [-0.3, -0.25) is 0 Å². The van der Waals surface area contributed by atoms with E-state index < -0.39 is 0 Å². The lowest BCUT2D eigenvalue weighted by Crippen LogP contribution is -2.29. The molecular weight excluding hydrogens is 224 g/mol. The first-order valence-corrected chi connectivity index (χ1v) is 7.93. The van der Waals surface area contributed by atoms with Gasteiger partial charge in [-0.25, -0.2) is 0 Å². The van der Waals surface area contributed by atoms with Gasteiger partial charge in [0.1, 0.15) is 0 Å². The Hall–Kier alpha value is -0.120. The minimum atomic E-state index is 0.578. The maximum absolute atomic E-state index is 5.94. The molecule has 1 saturated heterocycles. The van der Waals surface area contributed by atoms with Crippen molar-refractivity contribution >= 4 is 0 Å². The van der Waals surface area contributed by atoms with Crippen LogP contribution in [0.25, 0.3) is 0 Å². The summed E-state index contributed by atoms with van der Waals surface area (Å²) in [5.41, 5.74) is 0. The van der Waals surface area contributed by atoms with Crippen molar-refractivity contribution in [3.63, 3.8) is 0 Å². The zero-order valence-electron chi connectivity index (χ0n) is 12.0. The quantitative estimate of drug-likeness (QED) is 0.673. The van der Waals surface area contributed by atoms with Gasteiger partial charge in [-0.05, 0) is 51.2 Å². The van der Waals surface area contributed by atoms with Crippen LogP contribution in [0, 0.1) is 5.92 Å². The molecule has 0 bridgehead atoms. The van der Waals surface area contributed by atoms with Gasteiger partial charge in [-0.15, -0.1) is 0 Å². The van der Waals surface area contributed by atoms with Gasteiger partial charge in [-0.1, -0.05) is 19.8 Å². The first-order valence-electron chi connectivity index (χ1n) is 7.93. The van der Waals surface area contributed by atoms with E-state index in [2.05, 4.69) is 17.1 Å². The summed E-state index contributed by atoms with van der Waals surface area (Å²) < 4.78 is 5.94. The Bertz CT molecular complexity index is 217. The minimum absolute atomic E-state index is 0.578. The first kappa shape index (κ1) is 14.3. The van der Waals surface area contributed by atoms with Gasteiger partial charge in [0.25, 0.3) is 0 Å². The lowest BCUT2D eigenvalue weighted by molar-refractivity contribution is 0.0450. The SMILES string of the molecule is CCCNCC1CCN(CCOC2CCCC2)C1. The van der Waals surface area contributed by atoms with E-state index in [4.69, 9.17) is 4.74 Å². The summed E-state index contributed by atoms with van der Waals surface area (Å²) in [5.74, 6) is 0.864. The van der Waals surface area contributed by atoms with E-state index in [0.29, 0.717) is 6.10 Å². The maximum atomic E-state index is 5.94. The number of hydrogen-bond donors (Lipinski definition) is 1. The second-order valence-corrected chi connectivity index (χ2v) is 5.94. The van der Waals surface area contributed by atoms with Crippen LogP contribution in [0.3, 0.4) is 0 Å². The summed E-state index contributed by atoms with van der Waals surface area (Å²) in [6.45, 7) is 9.22. The van der Waals surface area contributed by atoms with Crippen LogP contribution in [0.2, 0.25) is 0 Å². The molecule has 0 aromatic heterocycles. The molecule has 1 unspecified atom stereocenters. The summed E-state index contributed by atoms with van der Waals surface area (Å²) in [4.78, 5) is 2.58. The summed E-state index contributed by atoms with van der Waals surface area (Å²) >= 11 is 0. The third-order valence-corrected chi connectivity index (χ3v) is 4.29. The van der Waals surface area contributed by atoms with E-state index in [1.807, 2.05) is 0 Å². The van der Waals surface area contributed by atoms with Gasteiger partial charge in [0, 0.05) is 13.1 Å². The molecular formula is C15H30N2O. The number of nitrogens with zero attached hydrogens (tertiary/aromatic N) is 1. The summed E-state index contributed by atoms with van der Waals surface area (Å²) in [6.07, 6.45) is 8.52. The highest BCUT2D eigenvalue weighted by molar-refractivity contribution is 4.77. The molecule has 2 rings (SSSR count). The number of ether oxygens (including phenoxy) is 1. The van der Waals surface area contributed by atoms with Gasteiger partial charge in [-0.2, -0.15) is 0 Å². The lowest BCUT2D eigenvalue weighted by atomic mass is 10.1. The number of nitrogens with one attached hydrogen (secondary N) is 1. The van der Waals surface area contributed by atoms with E-state index in [-0.39, 0.29) is 0 Å². The minimum Gasteiger partial charge on any atom is -0.377 e. The molecule has 106 valence electrons. The van der Waals surface area contributed by atoms with Gasteiger partial charge in [0.15, 0.2) is 0 Å². The molecule has 1 N–H and O–H groups in total. The molecule has 18 heavy (non-hydrogen) atoms. The Morgan fingerprint density at radius 3 is 2.83 bits per heavy atom. The van der Waals surface area contributed by atoms with Crippen molar-refractivity contribution in [1.82, 2.24) is 10.2 Å². The molecule has 1 aliphatic heterocycles. The Kier molecular flexibility index (Phi) is 6.46. The number of hydrogen-bond acceptors (Lipinski definition) is 3. The van der Waals surface area contributed by atoms with Crippen molar-refractivity contribution in [3.05, 3.63) is 0 Å². The molecule has 1 saturated carbocycles. The normalized spacial score (nSPS) is 26.2. The fourth-order valence-electron chi connectivity index (χ4n) is 3.17. The smallest absolute Gasteiger partial charge is 0.0597 e. The van der Waals surface area contributed by atoms with Crippen LogP contribution in [0.1, 0.15) is 45.4 Å². The summed E-state index contributed by atoms with van der Waals surface area (Å²) in [7, 11) is 0. The van der Waals surface area contributed by atoms with E-state index in [1.165, 1.54) is 64.7 Å². The predicted octanol–water partition coefficient (Wildman–Crippen LogP) is 2.27. The maximum Gasteiger partial charge on any atom is 0.0597 e. The van der Waals surface area contributed by atoms with Crippen LogP contribution in [0.15, 0.2) is 0 Å². The standard InChI is InChI=1S/C15H30N2O/c1-2-8-16-12-14-7-9-17(13-14)10-11-18-15-5-3-4-6-15/h14-16H,2-13H2,1H3. The van der Waals surface area contributed by atoms with Crippen LogP contribution < -0.4 is 5.32 Å². The van der Waals surface area contributed by atoms with Crippen LogP contribution in [0.5, 0.6) is 0 Å². The molecule has 0 aromatic rings. The predicted molar refractivity (Wildman–Crippen MR) is 75.9 cm³/mol. The fourth-order valence-corrected chi connectivity index (χ4v) is 3.17. The molecule has 0 amide bonds. The largest absolute Gasteiger partial charge is 0.377 e. The highest BCUT2D eigenvalue weighted by atomic mass is 16.5. The zero-order chi connectivity index (χ0) is 12.6. The van der Waals surface area contributed by atoms with E-state index in [0.717, 1.165) is 19.1 Å². The Labute approximate surface area is 112 Å². The van der Waals surface area contributed by atoms with Gasteiger partial charge in [0.2, 0.25) is 0 Å². The van der Waals surface area contributed by atoms with Crippen molar-refractivity contribution in [2.45, 2.75) is 51.6 Å². The monoisotopic (exact) mass is 254 g/mol. The van der Waals surface area contributed by atoms with Gasteiger partial charge < -0.3 is 15.0 Å². The molecule has 0 radical (unpaired) electrons. The fraction of sp³-hybridized carbons (Fsp3) is 1.00. The molecule has 3 nitrogen and oxygen atoms in total.